The van der Waals surface area contributed by atoms with Crippen molar-refractivity contribution in [2.45, 2.75) is 48.8 Å². The van der Waals surface area contributed by atoms with Gasteiger partial charge in [0.15, 0.2) is 23.4 Å². The minimum atomic E-state index is -4.64. The number of hydrogen-bond donors (Lipinski definition) is 4. The number of rotatable bonds is 1. The van der Waals surface area contributed by atoms with Crippen molar-refractivity contribution in [2.24, 2.45) is 0 Å². The minimum Gasteiger partial charge on any atom is -0.493 e. The second-order valence-corrected chi connectivity index (χ2v) is 8.98. The van der Waals surface area contributed by atoms with Gasteiger partial charge in [0.25, 0.3) is 0 Å². The molecule has 4 N–H and O–H groups in total. The van der Waals surface area contributed by atoms with Crippen molar-refractivity contribution in [1.82, 2.24) is 4.90 Å². The number of ether oxygens (including phenoxy) is 2. The lowest BCUT2D eigenvalue weighted by molar-refractivity contribution is -0.185. The molecule has 28 heavy (non-hydrogen) atoms. The molecule has 2 aliphatic carbocycles. The molecule has 5 rings (SSSR count). The molecule has 1 aromatic carbocycles. The van der Waals surface area contributed by atoms with E-state index in [0.29, 0.717) is 24.3 Å². The SMILES string of the molecule is COc1ccc2c3c1O[C@H]1C(=O)CC[C@@]4(O)[C@@H](C2)N(C)CC[C@]314.O=P(O)(O)O. The average molecular weight is 413 g/mol. The van der Waals surface area contributed by atoms with Gasteiger partial charge in [-0.25, -0.2) is 4.57 Å². The van der Waals surface area contributed by atoms with Crippen LogP contribution in [0.4, 0.5) is 0 Å². The largest absolute Gasteiger partial charge is 0.493 e. The van der Waals surface area contributed by atoms with Gasteiger partial charge in [-0.2, -0.15) is 0 Å². The van der Waals surface area contributed by atoms with Crippen molar-refractivity contribution in [1.29, 1.82) is 0 Å². The molecule has 2 aliphatic heterocycles. The molecule has 2 fully saturated rings. The Morgan fingerprint density at radius 3 is 2.61 bits per heavy atom. The lowest BCUT2D eigenvalue weighted by atomic mass is 9.49. The number of piperidine rings is 1. The predicted octanol–water partition coefficient (Wildman–Crippen LogP) is 0.120. The normalized spacial score (nSPS) is 35.4. The van der Waals surface area contributed by atoms with E-state index in [1.165, 1.54) is 5.56 Å². The van der Waals surface area contributed by atoms with E-state index in [1.54, 1.807) is 7.11 Å². The maximum Gasteiger partial charge on any atom is 0.466 e. The third-order valence-electron chi connectivity index (χ3n) is 6.73. The van der Waals surface area contributed by atoms with Gasteiger partial charge in [0.2, 0.25) is 0 Å². The summed E-state index contributed by atoms with van der Waals surface area (Å²) in [6.45, 7) is 0.871. The zero-order valence-corrected chi connectivity index (χ0v) is 16.6. The molecule has 2 bridgehead atoms. The summed E-state index contributed by atoms with van der Waals surface area (Å²) in [5, 5.41) is 11.7. The van der Waals surface area contributed by atoms with E-state index in [2.05, 4.69) is 18.0 Å². The summed E-state index contributed by atoms with van der Waals surface area (Å²) >= 11 is 0. The van der Waals surface area contributed by atoms with Gasteiger partial charge in [0.1, 0.15) is 0 Å². The summed E-state index contributed by atoms with van der Waals surface area (Å²) < 4.78 is 20.5. The van der Waals surface area contributed by atoms with Crippen LogP contribution in [0.5, 0.6) is 11.5 Å². The highest BCUT2D eigenvalue weighted by Gasteiger charge is 2.72. The standard InChI is InChI=1S/C18H21NO4.H3O4P/c1-19-8-7-17-14-10-3-4-12(22-2)15(14)23-16(17)11(20)5-6-18(17,21)13(19)9-10;1-5(2,3)4/h3-4,13,16,21H,5-9H2,1-2H3;(H3,1,2,3,4)/t13-,16+,17+,18-;/m1./s1. The van der Waals surface area contributed by atoms with E-state index >= 15 is 0 Å². The van der Waals surface area contributed by atoms with Gasteiger partial charge in [-0.05, 0) is 44.5 Å². The number of benzene rings is 1. The van der Waals surface area contributed by atoms with Crippen LogP contribution in [0, 0.1) is 0 Å². The molecule has 2 heterocycles. The van der Waals surface area contributed by atoms with Crippen molar-refractivity contribution >= 4 is 13.6 Å². The van der Waals surface area contributed by atoms with E-state index in [4.69, 9.17) is 28.7 Å². The topological polar surface area (TPSA) is 137 Å². The van der Waals surface area contributed by atoms with Gasteiger partial charge in [0, 0.05) is 18.0 Å². The molecule has 0 unspecified atom stereocenters. The molecule has 1 aromatic rings. The zero-order valence-electron chi connectivity index (χ0n) is 15.7. The number of ketones is 1. The smallest absolute Gasteiger partial charge is 0.466 e. The molecule has 1 spiro atoms. The third kappa shape index (κ3) is 2.58. The Labute approximate surface area is 162 Å². The molecular weight excluding hydrogens is 389 g/mol. The maximum atomic E-state index is 12.7. The first-order valence-corrected chi connectivity index (χ1v) is 10.7. The van der Waals surface area contributed by atoms with Gasteiger partial charge < -0.3 is 34.2 Å². The van der Waals surface area contributed by atoms with E-state index in [0.717, 1.165) is 24.9 Å². The Bertz CT molecular complexity index is 876. The number of hydrogen-bond acceptors (Lipinski definition) is 6. The predicted molar refractivity (Wildman–Crippen MR) is 97.3 cm³/mol. The fourth-order valence-corrected chi connectivity index (χ4v) is 5.69. The van der Waals surface area contributed by atoms with Crippen LogP contribution in [-0.4, -0.2) is 68.9 Å². The monoisotopic (exact) mass is 413 g/mol. The fraction of sp³-hybridized carbons (Fsp3) is 0.611. The number of methoxy groups -OCH3 is 1. The number of likely N-dealkylation sites (N-methyl/N-ethyl adjacent to an activating group) is 1. The maximum absolute atomic E-state index is 12.7. The van der Waals surface area contributed by atoms with E-state index < -0.39 is 24.9 Å². The fourth-order valence-electron chi connectivity index (χ4n) is 5.69. The molecule has 10 heteroatoms. The van der Waals surface area contributed by atoms with Crippen LogP contribution >= 0.6 is 7.82 Å². The highest BCUT2D eigenvalue weighted by Crippen LogP contribution is 2.64. The van der Waals surface area contributed by atoms with E-state index in [-0.39, 0.29) is 11.8 Å². The Balaban J connectivity index is 0.000000346. The number of carbonyl (C=O) groups excluding carboxylic acids is 1. The Morgan fingerprint density at radius 1 is 1.29 bits per heavy atom. The Morgan fingerprint density at radius 2 is 1.96 bits per heavy atom. The van der Waals surface area contributed by atoms with Crippen LogP contribution in [0.25, 0.3) is 0 Å². The lowest BCUT2D eigenvalue weighted by Gasteiger charge is -2.62. The third-order valence-corrected chi connectivity index (χ3v) is 6.73. The Hall–Kier alpha value is -1.48. The van der Waals surface area contributed by atoms with E-state index in [1.807, 2.05) is 6.07 Å². The Kier molecular flexibility index (Phi) is 4.43. The number of likely N-dealkylation sites (tertiary alicyclic amines) is 1. The van der Waals surface area contributed by atoms with Crippen LogP contribution < -0.4 is 9.47 Å². The van der Waals surface area contributed by atoms with Gasteiger partial charge in [-0.3, -0.25) is 4.79 Å². The van der Waals surface area contributed by atoms with Crippen molar-refractivity contribution in [3.05, 3.63) is 23.3 Å². The molecule has 9 nitrogen and oxygen atoms in total. The zero-order chi connectivity index (χ0) is 20.5. The van der Waals surface area contributed by atoms with Crippen molar-refractivity contribution in [3.8, 4) is 11.5 Å². The molecule has 4 aliphatic rings. The second-order valence-electron chi connectivity index (χ2n) is 7.95. The molecule has 4 atom stereocenters. The van der Waals surface area contributed by atoms with Gasteiger partial charge in [0.05, 0.1) is 18.1 Å². The van der Waals surface area contributed by atoms with E-state index in [9.17, 15) is 9.90 Å². The summed E-state index contributed by atoms with van der Waals surface area (Å²) in [5.74, 6) is 1.47. The number of aliphatic hydroxyl groups is 1. The first kappa shape index (κ1) is 19.8. The van der Waals surface area contributed by atoms with Gasteiger partial charge in [-0.15, -0.1) is 0 Å². The van der Waals surface area contributed by atoms with Crippen molar-refractivity contribution in [3.63, 3.8) is 0 Å². The highest BCUT2D eigenvalue weighted by atomic mass is 31.2. The molecule has 0 aromatic heterocycles. The summed E-state index contributed by atoms with van der Waals surface area (Å²) in [6, 6.07) is 4.05. The molecule has 0 amide bonds. The quantitative estimate of drug-likeness (QED) is 0.473. The summed E-state index contributed by atoms with van der Waals surface area (Å²) in [4.78, 5) is 36.5. The van der Waals surface area contributed by atoms with Crippen molar-refractivity contribution in [2.75, 3.05) is 20.7 Å². The second kappa shape index (κ2) is 6.26. The van der Waals surface area contributed by atoms with Gasteiger partial charge in [-0.1, -0.05) is 6.07 Å². The summed E-state index contributed by atoms with van der Waals surface area (Å²) in [5.41, 5.74) is 0.737. The van der Waals surface area contributed by atoms with Crippen LogP contribution in [0.3, 0.4) is 0 Å². The van der Waals surface area contributed by atoms with Crippen LogP contribution in [-0.2, 0) is 21.2 Å². The lowest BCUT2D eigenvalue weighted by Crippen LogP contribution is -2.76. The molecular formula is C18H24NO8P. The number of Topliss-reactive ketones (excluding diaryl/α,β-unsaturated/α-hetero) is 1. The van der Waals surface area contributed by atoms with Crippen LogP contribution in [0.2, 0.25) is 0 Å². The summed E-state index contributed by atoms with van der Waals surface area (Å²) in [7, 11) is -0.943. The minimum absolute atomic E-state index is 0.0438. The average Bonchev–Trinajstić information content (AvgIpc) is 2.95. The molecule has 1 saturated heterocycles. The molecule has 154 valence electrons. The highest BCUT2D eigenvalue weighted by molar-refractivity contribution is 7.45. The number of carbonyl (C=O) groups is 1. The van der Waals surface area contributed by atoms with Crippen LogP contribution in [0.1, 0.15) is 30.4 Å². The van der Waals surface area contributed by atoms with Gasteiger partial charge >= 0.3 is 7.82 Å². The number of phosphoric acid groups is 1. The summed E-state index contributed by atoms with van der Waals surface area (Å²) in [6.07, 6.45) is 1.89. The molecule has 1 saturated carbocycles. The molecule has 0 radical (unpaired) electrons. The van der Waals surface area contributed by atoms with Crippen molar-refractivity contribution < 1.29 is 38.6 Å². The first-order valence-electron chi connectivity index (χ1n) is 9.13. The van der Waals surface area contributed by atoms with Crippen LogP contribution in [0.15, 0.2) is 12.1 Å². The first-order chi connectivity index (χ1) is 13.0. The number of nitrogens with zero attached hydrogens (tertiary/aromatic N) is 1.